The summed E-state index contributed by atoms with van der Waals surface area (Å²) in [5.41, 5.74) is 15.6. The predicted molar refractivity (Wildman–Crippen MR) is 107 cm³/mol. The first-order valence-corrected chi connectivity index (χ1v) is 9.86. The van der Waals surface area contributed by atoms with Crippen molar-refractivity contribution < 1.29 is 13.2 Å². The fraction of sp³-hybridized carbons (Fsp3) is 0.0526. The molecule has 7 nitrogen and oxygen atoms in total. The van der Waals surface area contributed by atoms with E-state index in [2.05, 4.69) is 9.71 Å². The molecule has 0 saturated heterocycles. The number of anilines is 2. The summed E-state index contributed by atoms with van der Waals surface area (Å²) in [7, 11) is -3.37. The lowest BCUT2D eigenvalue weighted by Gasteiger charge is -2.14. The van der Waals surface area contributed by atoms with Crippen LogP contribution in [0.15, 0.2) is 60.9 Å². The van der Waals surface area contributed by atoms with Gasteiger partial charge in [-0.2, -0.15) is 0 Å². The maximum atomic E-state index is 11.9. The second-order valence-electron chi connectivity index (χ2n) is 6.04. The van der Waals surface area contributed by atoms with Gasteiger partial charge < -0.3 is 11.5 Å². The summed E-state index contributed by atoms with van der Waals surface area (Å²) in [4.78, 5) is 15.8. The van der Waals surface area contributed by atoms with Crippen molar-refractivity contribution in [2.24, 2.45) is 5.73 Å². The van der Waals surface area contributed by atoms with Crippen molar-refractivity contribution in [2.75, 3.05) is 16.7 Å². The van der Waals surface area contributed by atoms with Crippen molar-refractivity contribution in [3.8, 4) is 22.3 Å². The molecule has 27 heavy (non-hydrogen) atoms. The molecule has 0 bridgehead atoms. The first-order valence-electron chi connectivity index (χ1n) is 7.96. The Kier molecular flexibility index (Phi) is 4.83. The van der Waals surface area contributed by atoms with E-state index < -0.39 is 15.9 Å². The van der Waals surface area contributed by atoms with Crippen LogP contribution < -0.4 is 16.2 Å². The summed E-state index contributed by atoms with van der Waals surface area (Å²) >= 11 is 0. The molecule has 8 heteroatoms. The van der Waals surface area contributed by atoms with Crippen LogP contribution in [-0.4, -0.2) is 25.6 Å². The zero-order valence-corrected chi connectivity index (χ0v) is 15.3. The number of nitrogens with zero attached hydrogens (tertiary/aromatic N) is 1. The molecule has 138 valence electrons. The van der Waals surface area contributed by atoms with Gasteiger partial charge in [-0.05, 0) is 53.1 Å². The highest BCUT2D eigenvalue weighted by Gasteiger charge is 2.15. The van der Waals surface area contributed by atoms with Crippen LogP contribution in [0, 0.1) is 0 Å². The average Bonchev–Trinajstić information content (AvgIpc) is 2.62. The number of nitrogens with two attached hydrogens (primary N) is 2. The molecule has 0 aliphatic carbocycles. The quantitative estimate of drug-likeness (QED) is 0.584. The van der Waals surface area contributed by atoms with Gasteiger partial charge in [0.2, 0.25) is 10.0 Å². The highest BCUT2D eigenvalue weighted by Crippen LogP contribution is 2.34. The minimum absolute atomic E-state index is 0.220. The van der Waals surface area contributed by atoms with Crippen LogP contribution in [0.5, 0.6) is 0 Å². The Bertz CT molecular complexity index is 1100. The lowest BCUT2D eigenvalue weighted by atomic mass is 9.94. The van der Waals surface area contributed by atoms with Gasteiger partial charge in [-0.1, -0.05) is 12.1 Å². The summed E-state index contributed by atoms with van der Waals surface area (Å²) in [6, 6.07) is 13.8. The fourth-order valence-corrected chi connectivity index (χ4v) is 3.30. The third-order valence-electron chi connectivity index (χ3n) is 3.96. The number of primary amides is 1. The maximum Gasteiger partial charge on any atom is 0.250 e. The van der Waals surface area contributed by atoms with Crippen molar-refractivity contribution in [2.45, 2.75) is 0 Å². The third-order valence-corrected chi connectivity index (χ3v) is 4.56. The molecule has 1 aromatic heterocycles. The number of nitrogen functional groups attached to an aromatic ring is 1. The van der Waals surface area contributed by atoms with Gasteiger partial charge in [0.1, 0.15) is 0 Å². The maximum absolute atomic E-state index is 11.9. The van der Waals surface area contributed by atoms with Gasteiger partial charge >= 0.3 is 0 Å². The van der Waals surface area contributed by atoms with E-state index in [9.17, 15) is 13.2 Å². The number of hydrogen-bond acceptors (Lipinski definition) is 5. The smallest absolute Gasteiger partial charge is 0.250 e. The van der Waals surface area contributed by atoms with Gasteiger partial charge in [0.25, 0.3) is 5.91 Å². The summed E-state index contributed by atoms with van der Waals surface area (Å²) in [5.74, 6) is -0.625. The second-order valence-corrected chi connectivity index (χ2v) is 7.79. The highest BCUT2D eigenvalue weighted by molar-refractivity contribution is 7.92. The number of benzene rings is 2. The van der Waals surface area contributed by atoms with Crippen LogP contribution in [-0.2, 0) is 10.0 Å². The molecule has 0 saturated carbocycles. The second kappa shape index (κ2) is 7.08. The van der Waals surface area contributed by atoms with Gasteiger partial charge in [-0.25, -0.2) is 8.42 Å². The van der Waals surface area contributed by atoms with Crippen molar-refractivity contribution in [3.63, 3.8) is 0 Å². The molecule has 0 spiro atoms. The van der Waals surface area contributed by atoms with E-state index in [-0.39, 0.29) is 11.3 Å². The number of carbonyl (C=O) groups excluding carboxylic acids is 1. The van der Waals surface area contributed by atoms with Crippen LogP contribution in [0.4, 0.5) is 11.4 Å². The SMILES string of the molecule is CS(=O)(=O)Nc1ccc(-c2cc(-c3ccncc3)cc(C(N)=O)c2N)cc1. The fourth-order valence-electron chi connectivity index (χ4n) is 2.74. The number of carbonyl (C=O) groups is 1. The normalized spacial score (nSPS) is 11.1. The summed E-state index contributed by atoms with van der Waals surface area (Å²) in [6.45, 7) is 0. The van der Waals surface area contributed by atoms with Crippen molar-refractivity contribution in [3.05, 3.63) is 66.5 Å². The van der Waals surface area contributed by atoms with Gasteiger partial charge in [0.15, 0.2) is 0 Å². The predicted octanol–water partition coefficient (Wildman–Crippen LogP) is 2.47. The zero-order valence-electron chi connectivity index (χ0n) is 14.5. The Morgan fingerprint density at radius 1 is 0.963 bits per heavy atom. The molecule has 0 aliphatic rings. The number of pyridine rings is 1. The van der Waals surface area contributed by atoms with Crippen LogP contribution in [0.2, 0.25) is 0 Å². The number of aromatic nitrogens is 1. The largest absolute Gasteiger partial charge is 0.398 e. The van der Waals surface area contributed by atoms with Crippen LogP contribution in [0.3, 0.4) is 0 Å². The van der Waals surface area contributed by atoms with E-state index in [1.54, 1.807) is 42.7 Å². The summed E-state index contributed by atoms with van der Waals surface area (Å²) in [5, 5.41) is 0. The van der Waals surface area contributed by atoms with Gasteiger partial charge in [0.05, 0.1) is 17.5 Å². The molecule has 1 amide bonds. The number of sulfonamides is 1. The molecule has 3 aromatic rings. The number of rotatable bonds is 5. The van der Waals surface area contributed by atoms with Crippen molar-refractivity contribution in [1.29, 1.82) is 0 Å². The molecule has 2 aromatic carbocycles. The van der Waals surface area contributed by atoms with Gasteiger partial charge in [-0.3, -0.25) is 14.5 Å². The van der Waals surface area contributed by atoms with Crippen molar-refractivity contribution in [1.82, 2.24) is 4.98 Å². The lowest BCUT2D eigenvalue weighted by Crippen LogP contribution is -2.14. The topological polar surface area (TPSA) is 128 Å². The monoisotopic (exact) mass is 382 g/mol. The molecular weight excluding hydrogens is 364 g/mol. The molecule has 0 atom stereocenters. The van der Waals surface area contributed by atoms with E-state index >= 15 is 0 Å². The van der Waals surface area contributed by atoms with E-state index in [1.165, 1.54) is 0 Å². The van der Waals surface area contributed by atoms with E-state index in [0.29, 0.717) is 11.3 Å². The molecule has 3 rings (SSSR count). The van der Waals surface area contributed by atoms with Crippen LogP contribution >= 0.6 is 0 Å². The van der Waals surface area contributed by atoms with Crippen LogP contribution in [0.1, 0.15) is 10.4 Å². The average molecular weight is 382 g/mol. The lowest BCUT2D eigenvalue weighted by molar-refractivity contribution is 0.100. The molecule has 0 unspecified atom stereocenters. The Morgan fingerprint density at radius 2 is 1.59 bits per heavy atom. The highest BCUT2D eigenvalue weighted by atomic mass is 32.2. The summed E-state index contributed by atoms with van der Waals surface area (Å²) < 4.78 is 25.1. The van der Waals surface area contributed by atoms with E-state index in [0.717, 1.165) is 22.9 Å². The minimum Gasteiger partial charge on any atom is -0.398 e. The standard InChI is InChI=1S/C19H18N4O3S/c1-27(25,26)23-15-4-2-13(3-5-15)16-10-14(12-6-8-22-9-7-12)11-17(18(16)20)19(21)24/h2-11,23H,20H2,1H3,(H2,21,24). The first kappa shape index (κ1) is 18.4. The molecular formula is C19H18N4O3S. The molecule has 0 aliphatic heterocycles. The number of hydrogen-bond donors (Lipinski definition) is 3. The zero-order chi connectivity index (χ0) is 19.6. The van der Waals surface area contributed by atoms with E-state index in [4.69, 9.17) is 11.5 Å². The first-order chi connectivity index (χ1) is 12.7. The summed E-state index contributed by atoms with van der Waals surface area (Å²) in [6.07, 6.45) is 4.39. The molecule has 1 heterocycles. The Morgan fingerprint density at radius 3 is 2.15 bits per heavy atom. The molecule has 0 fully saturated rings. The van der Waals surface area contributed by atoms with Crippen LogP contribution in [0.25, 0.3) is 22.3 Å². The van der Waals surface area contributed by atoms with Gasteiger partial charge in [-0.15, -0.1) is 0 Å². The number of amides is 1. The van der Waals surface area contributed by atoms with Crippen molar-refractivity contribution >= 4 is 27.3 Å². The van der Waals surface area contributed by atoms with Gasteiger partial charge in [0, 0.05) is 23.6 Å². The van der Waals surface area contributed by atoms with E-state index in [1.807, 2.05) is 18.2 Å². The molecule has 0 radical (unpaired) electrons. The Hall–Kier alpha value is -3.39. The number of nitrogens with one attached hydrogen (secondary N) is 1. The Balaban J connectivity index is 2.11. The minimum atomic E-state index is -3.37. The Labute approximate surface area is 157 Å². The molecule has 5 N–H and O–H groups in total. The third kappa shape index (κ3) is 4.24.